The number of aromatic nitrogens is 2. The molecule has 3 aromatic rings. The second-order valence-corrected chi connectivity index (χ2v) is 5.78. The van der Waals surface area contributed by atoms with Gasteiger partial charge in [0.25, 0.3) is 5.91 Å². The molecule has 0 atom stereocenters. The first-order valence-electron chi connectivity index (χ1n) is 8.38. The van der Waals surface area contributed by atoms with Crippen LogP contribution in [0.5, 0.6) is 0 Å². The van der Waals surface area contributed by atoms with Crippen LogP contribution in [0.25, 0.3) is 16.9 Å². The summed E-state index contributed by atoms with van der Waals surface area (Å²) in [6, 6.07) is 19.2. The van der Waals surface area contributed by atoms with Crippen molar-refractivity contribution in [1.82, 2.24) is 20.4 Å². The zero-order valence-electron chi connectivity index (χ0n) is 14.5. The number of para-hydroxylation sites is 1. The van der Waals surface area contributed by atoms with Crippen molar-refractivity contribution in [2.45, 2.75) is 6.92 Å². The van der Waals surface area contributed by atoms with Crippen molar-refractivity contribution in [3.05, 3.63) is 72.4 Å². The third-order valence-electron chi connectivity index (χ3n) is 3.81. The molecule has 0 radical (unpaired) electrons. The minimum atomic E-state index is -0.226. The minimum Gasteiger partial charge on any atom is -0.355 e. The number of nitrogens with zero attached hydrogens (tertiary/aromatic N) is 2. The quantitative estimate of drug-likeness (QED) is 0.672. The molecule has 0 saturated heterocycles. The number of carbonyl (C=O) groups excluding carboxylic acids is 2. The molecule has 0 spiro atoms. The molecule has 2 amide bonds. The summed E-state index contributed by atoms with van der Waals surface area (Å²) < 4.78 is 1.70. The van der Waals surface area contributed by atoms with E-state index in [1.807, 2.05) is 60.7 Å². The summed E-state index contributed by atoms with van der Waals surface area (Å²) in [5.41, 5.74) is 2.85. The fourth-order valence-electron chi connectivity index (χ4n) is 2.57. The smallest absolute Gasteiger partial charge is 0.255 e. The highest BCUT2D eigenvalue weighted by atomic mass is 16.2. The molecule has 0 fully saturated rings. The van der Waals surface area contributed by atoms with Gasteiger partial charge in [-0.25, -0.2) is 4.68 Å². The number of carbonyl (C=O) groups is 2. The van der Waals surface area contributed by atoms with Gasteiger partial charge in [-0.2, -0.15) is 5.10 Å². The first-order chi connectivity index (χ1) is 12.6. The van der Waals surface area contributed by atoms with Crippen molar-refractivity contribution >= 4 is 11.8 Å². The highest BCUT2D eigenvalue weighted by Crippen LogP contribution is 2.23. The number of rotatable bonds is 6. The second-order valence-electron chi connectivity index (χ2n) is 5.78. The van der Waals surface area contributed by atoms with E-state index >= 15 is 0 Å². The number of amides is 2. The topological polar surface area (TPSA) is 76.0 Å². The Bertz CT molecular complexity index is 889. The second kappa shape index (κ2) is 8.11. The van der Waals surface area contributed by atoms with Gasteiger partial charge in [0.2, 0.25) is 5.91 Å². The molecule has 0 aliphatic rings. The normalized spacial score (nSPS) is 10.3. The van der Waals surface area contributed by atoms with Crippen LogP contribution in [0.3, 0.4) is 0 Å². The van der Waals surface area contributed by atoms with Crippen molar-refractivity contribution in [3.8, 4) is 16.9 Å². The van der Waals surface area contributed by atoms with Gasteiger partial charge in [0, 0.05) is 31.8 Å². The summed E-state index contributed by atoms with van der Waals surface area (Å²) in [6.45, 7) is 2.18. The molecular formula is C20H20N4O2. The lowest BCUT2D eigenvalue weighted by atomic mass is 10.1. The van der Waals surface area contributed by atoms with Gasteiger partial charge in [0.05, 0.1) is 11.3 Å². The average molecular weight is 348 g/mol. The van der Waals surface area contributed by atoms with E-state index in [2.05, 4.69) is 15.7 Å². The van der Waals surface area contributed by atoms with Crippen LogP contribution in [0.15, 0.2) is 66.9 Å². The van der Waals surface area contributed by atoms with Gasteiger partial charge in [-0.05, 0) is 12.1 Å². The minimum absolute atomic E-state index is 0.124. The molecule has 2 N–H and O–H groups in total. The van der Waals surface area contributed by atoms with Crippen LogP contribution in [0.1, 0.15) is 17.3 Å². The van der Waals surface area contributed by atoms with Crippen molar-refractivity contribution in [2.24, 2.45) is 0 Å². The molecule has 0 aliphatic heterocycles. The summed E-state index contributed by atoms with van der Waals surface area (Å²) in [4.78, 5) is 23.6. The zero-order chi connectivity index (χ0) is 18.4. The van der Waals surface area contributed by atoms with Crippen molar-refractivity contribution in [3.63, 3.8) is 0 Å². The predicted molar refractivity (Wildman–Crippen MR) is 100 cm³/mol. The van der Waals surface area contributed by atoms with Gasteiger partial charge in [0.1, 0.15) is 5.69 Å². The molecule has 132 valence electrons. The van der Waals surface area contributed by atoms with E-state index < -0.39 is 0 Å². The monoisotopic (exact) mass is 348 g/mol. The number of hydrogen-bond donors (Lipinski definition) is 2. The predicted octanol–water partition coefficient (Wildman–Crippen LogP) is 2.41. The lowest BCUT2D eigenvalue weighted by molar-refractivity contribution is -0.118. The van der Waals surface area contributed by atoms with E-state index in [0.29, 0.717) is 24.3 Å². The van der Waals surface area contributed by atoms with Crippen LogP contribution in [0, 0.1) is 0 Å². The summed E-state index contributed by atoms with van der Waals surface area (Å²) in [6.07, 6.45) is 1.73. The lowest BCUT2D eigenvalue weighted by Crippen LogP contribution is -2.33. The van der Waals surface area contributed by atoms with Crippen molar-refractivity contribution < 1.29 is 9.59 Å². The van der Waals surface area contributed by atoms with Crippen LogP contribution in [0.2, 0.25) is 0 Å². The molecule has 0 unspecified atom stereocenters. The SMILES string of the molecule is CC(=O)NCCNC(=O)c1cn(-c2ccccc2)nc1-c1ccccc1. The first-order valence-corrected chi connectivity index (χ1v) is 8.38. The van der Waals surface area contributed by atoms with Gasteiger partial charge < -0.3 is 10.6 Å². The average Bonchev–Trinajstić information content (AvgIpc) is 3.12. The fourth-order valence-corrected chi connectivity index (χ4v) is 2.57. The largest absolute Gasteiger partial charge is 0.355 e. The van der Waals surface area contributed by atoms with E-state index in [1.54, 1.807) is 10.9 Å². The van der Waals surface area contributed by atoms with Crippen molar-refractivity contribution in [1.29, 1.82) is 0 Å². The van der Waals surface area contributed by atoms with Gasteiger partial charge in [0.15, 0.2) is 0 Å². The molecule has 0 aliphatic carbocycles. The van der Waals surface area contributed by atoms with Crippen LogP contribution < -0.4 is 10.6 Å². The highest BCUT2D eigenvalue weighted by Gasteiger charge is 2.18. The van der Waals surface area contributed by atoms with E-state index in [4.69, 9.17) is 0 Å². The van der Waals surface area contributed by atoms with E-state index in [1.165, 1.54) is 6.92 Å². The fraction of sp³-hybridized carbons (Fsp3) is 0.150. The maximum Gasteiger partial charge on any atom is 0.255 e. The van der Waals surface area contributed by atoms with Gasteiger partial charge in [-0.1, -0.05) is 48.5 Å². The summed E-state index contributed by atoms with van der Waals surface area (Å²) >= 11 is 0. The Morgan fingerprint density at radius 1 is 0.923 bits per heavy atom. The van der Waals surface area contributed by atoms with Gasteiger partial charge in [-0.15, -0.1) is 0 Å². The molecule has 3 rings (SSSR count). The molecule has 0 saturated carbocycles. The molecule has 1 heterocycles. The molecular weight excluding hydrogens is 328 g/mol. The molecule has 26 heavy (non-hydrogen) atoms. The maximum absolute atomic E-state index is 12.7. The Kier molecular flexibility index (Phi) is 5.43. The molecule has 6 heteroatoms. The van der Waals surface area contributed by atoms with Gasteiger partial charge in [-0.3, -0.25) is 9.59 Å². The summed E-state index contributed by atoms with van der Waals surface area (Å²) in [7, 11) is 0. The van der Waals surface area contributed by atoms with E-state index in [-0.39, 0.29) is 11.8 Å². The lowest BCUT2D eigenvalue weighted by Gasteiger charge is -2.05. The first kappa shape index (κ1) is 17.4. The Hall–Kier alpha value is -3.41. The Morgan fingerprint density at radius 3 is 2.19 bits per heavy atom. The summed E-state index contributed by atoms with van der Waals surface area (Å²) in [5, 5.41) is 10.1. The third-order valence-corrected chi connectivity index (χ3v) is 3.81. The Balaban J connectivity index is 1.88. The number of hydrogen-bond acceptors (Lipinski definition) is 3. The standard InChI is InChI=1S/C20H20N4O2/c1-15(25)21-12-13-22-20(26)18-14-24(17-10-6-3-7-11-17)23-19(18)16-8-4-2-5-9-16/h2-11,14H,12-13H2,1H3,(H,21,25)(H,22,26). The van der Waals surface area contributed by atoms with Crippen LogP contribution in [-0.4, -0.2) is 34.7 Å². The van der Waals surface area contributed by atoms with Crippen LogP contribution in [0.4, 0.5) is 0 Å². The number of nitrogens with one attached hydrogen (secondary N) is 2. The molecule has 0 bridgehead atoms. The molecule has 1 aromatic heterocycles. The van der Waals surface area contributed by atoms with Crippen LogP contribution >= 0.6 is 0 Å². The highest BCUT2D eigenvalue weighted by molar-refractivity contribution is 5.99. The summed E-state index contributed by atoms with van der Waals surface area (Å²) in [5.74, 6) is -0.350. The van der Waals surface area contributed by atoms with E-state index in [0.717, 1.165) is 11.3 Å². The zero-order valence-corrected chi connectivity index (χ0v) is 14.5. The van der Waals surface area contributed by atoms with Crippen molar-refractivity contribution in [2.75, 3.05) is 13.1 Å². The molecule has 6 nitrogen and oxygen atoms in total. The molecule has 2 aromatic carbocycles. The third kappa shape index (κ3) is 4.16. The van der Waals surface area contributed by atoms with Crippen LogP contribution in [-0.2, 0) is 4.79 Å². The van der Waals surface area contributed by atoms with E-state index in [9.17, 15) is 9.59 Å². The Labute approximate surface area is 151 Å². The van der Waals surface area contributed by atoms with Gasteiger partial charge >= 0.3 is 0 Å². The Morgan fingerprint density at radius 2 is 1.54 bits per heavy atom. The maximum atomic E-state index is 12.7. The number of benzene rings is 2.